The summed E-state index contributed by atoms with van der Waals surface area (Å²) in [5.41, 5.74) is 1.47. The SMILES string of the molecule is COc1cc(CNC(C)C(=O)O)cc(Br)c1OCc1ccc(F)cc1Cl. The number of methoxy groups -OCH3 is 1. The van der Waals surface area contributed by atoms with Gasteiger partial charge in [0.25, 0.3) is 0 Å². The van der Waals surface area contributed by atoms with Crippen molar-refractivity contribution in [1.29, 1.82) is 0 Å². The molecule has 0 aliphatic rings. The van der Waals surface area contributed by atoms with E-state index in [0.29, 0.717) is 28.1 Å². The van der Waals surface area contributed by atoms with E-state index < -0.39 is 17.8 Å². The molecule has 0 heterocycles. The molecule has 0 aromatic heterocycles. The fourth-order valence-corrected chi connectivity index (χ4v) is 2.99. The van der Waals surface area contributed by atoms with Gasteiger partial charge in [-0.1, -0.05) is 17.7 Å². The minimum absolute atomic E-state index is 0.141. The first kappa shape index (κ1) is 20.5. The van der Waals surface area contributed by atoms with Gasteiger partial charge in [0.1, 0.15) is 18.5 Å². The molecule has 0 saturated carbocycles. The summed E-state index contributed by atoms with van der Waals surface area (Å²) in [4.78, 5) is 10.9. The summed E-state index contributed by atoms with van der Waals surface area (Å²) in [5, 5.41) is 12.1. The van der Waals surface area contributed by atoms with Crippen molar-refractivity contribution >= 4 is 33.5 Å². The van der Waals surface area contributed by atoms with Crippen molar-refractivity contribution in [2.75, 3.05) is 7.11 Å². The average molecular weight is 447 g/mol. The van der Waals surface area contributed by atoms with Gasteiger partial charge in [-0.2, -0.15) is 0 Å². The number of nitrogens with one attached hydrogen (secondary N) is 1. The smallest absolute Gasteiger partial charge is 0.320 e. The number of carboxylic acid groups (broad SMARTS) is 1. The van der Waals surface area contributed by atoms with Crippen LogP contribution in [0.5, 0.6) is 11.5 Å². The van der Waals surface area contributed by atoms with Gasteiger partial charge in [0.2, 0.25) is 0 Å². The molecule has 5 nitrogen and oxygen atoms in total. The number of benzene rings is 2. The monoisotopic (exact) mass is 445 g/mol. The van der Waals surface area contributed by atoms with Gasteiger partial charge in [-0.3, -0.25) is 4.79 Å². The van der Waals surface area contributed by atoms with Gasteiger partial charge < -0.3 is 19.9 Å². The molecule has 0 aliphatic heterocycles. The van der Waals surface area contributed by atoms with Crippen LogP contribution in [0.2, 0.25) is 5.02 Å². The molecule has 0 spiro atoms. The number of halogens is 3. The van der Waals surface area contributed by atoms with E-state index in [-0.39, 0.29) is 11.6 Å². The quantitative estimate of drug-likeness (QED) is 0.629. The van der Waals surface area contributed by atoms with Gasteiger partial charge in [0.05, 0.1) is 16.6 Å². The molecule has 0 radical (unpaired) electrons. The highest BCUT2D eigenvalue weighted by atomic mass is 79.9. The van der Waals surface area contributed by atoms with Crippen molar-refractivity contribution in [3.05, 3.63) is 56.8 Å². The van der Waals surface area contributed by atoms with E-state index in [1.54, 1.807) is 19.1 Å². The average Bonchev–Trinajstić information content (AvgIpc) is 2.59. The summed E-state index contributed by atoms with van der Waals surface area (Å²) < 4.78 is 24.9. The zero-order valence-electron chi connectivity index (χ0n) is 14.2. The summed E-state index contributed by atoms with van der Waals surface area (Å²) >= 11 is 9.45. The highest BCUT2D eigenvalue weighted by Gasteiger charge is 2.15. The molecule has 1 atom stereocenters. The maximum absolute atomic E-state index is 13.1. The Morgan fingerprint density at radius 1 is 1.38 bits per heavy atom. The van der Waals surface area contributed by atoms with Crippen molar-refractivity contribution in [3.8, 4) is 11.5 Å². The third-order valence-electron chi connectivity index (χ3n) is 3.66. The van der Waals surface area contributed by atoms with Gasteiger partial charge in [-0.05, 0) is 52.7 Å². The van der Waals surface area contributed by atoms with Crippen LogP contribution < -0.4 is 14.8 Å². The Hall–Kier alpha value is -1.83. The van der Waals surface area contributed by atoms with Crippen LogP contribution in [0.4, 0.5) is 4.39 Å². The molecule has 2 rings (SSSR count). The van der Waals surface area contributed by atoms with Crippen LogP contribution >= 0.6 is 27.5 Å². The van der Waals surface area contributed by atoms with Crippen molar-refractivity contribution in [1.82, 2.24) is 5.32 Å². The highest BCUT2D eigenvalue weighted by Crippen LogP contribution is 2.37. The molecule has 26 heavy (non-hydrogen) atoms. The van der Waals surface area contributed by atoms with E-state index in [1.165, 1.54) is 19.2 Å². The van der Waals surface area contributed by atoms with Gasteiger partial charge in [0, 0.05) is 12.1 Å². The van der Waals surface area contributed by atoms with E-state index in [2.05, 4.69) is 21.2 Å². The number of ether oxygens (including phenoxy) is 2. The van der Waals surface area contributed by atoms with Gasteiger partial charge in [0.15, 0.2) is 11.5 Å². The van der Waals surface area contributed by atoms with Crippen LogP contribution in [0.15, 0.2) is 34.8 Å². The Bertz CT molecular complexity index is 803. The lowest BCUT2D eigenvalue weighted by Crippen LogP contribution is -2.33. The Morgan fingerprint density at radius 3 is 2.73 bits per heavy atom. The van der Waals surface area contributed by atoms with Crippen LogP contribution in [-0.4, -0.2) is 24.2 Å². The van der Waals surface area contributed by atoms with Crippen LogP contribution in [0.25, 0.3) is 0 Å². The van der Waals surface area contributed by atoms with E-state index in [9.17, 15) is 9.18 Å². The van der Waals surface area contributed by atoms with E-state index >= 15 is 0 Å². The summed E-state index contributed by atoms with van der Waals surface area (Å²) in [7, 11) is 1.51. The maximum atomic E-state index is 13.1. The fraction of sp³-hybridized carbons (Fsp3) is 0.278. The molecule has 0 fully saturated rings. The number of aliphatic carboxylic acids is 1. The van der Waals surface area contributed by atoms with E-state index in [1.807, 2.05) is 6.07 Å². The molecule has 2 aromatic carbocycles. The second-order valence-corrected chi connectivity index (χ2v) is 6.84. The van der Waals surface area contributed by atoms with Crippen LogP contribution in [0.3, 0.4) is 0 Å². The molecular weight excluding hydrogens is 429 g/mol. The fourth-order valence-electron chi connectivity index (χ4n) is 2.16. The number of hydrogen-bond acceptors (Lipinski definition) is 4. The molecule has 0 saturated heterocycles. The molecule has 2 aromatic rings. The summed E-state index contributed by atoms with van der Waals surface area (Å²) in [6.07, 6.45) is 0. The Labute approximate surface area is 164 Å². The van der Waals surface area contributed by atoms with Crippen LogP contribution in [0, 0.1) is 5.82 Å². The first-order valence-electron chi connectivity index (χ1n) is 7.71. The second-order valence-electron chi connectivity index (χ2n) is 5.57. The van der Waals surface area contributed by atoms with Gasteiger partial charge in [-0.15, -0.1) is 0 Å². The number of carbonyl (C=O) groups is 1. The van der Waals surface area contributed by atoms with Gasteiger partial charge >= 0.3 is 5.97 Å². The normalized spacial score (nSPS) is 11.9. The molecule has 2 N–H and O–H groups in total. The zero-order chi connectivity index (χ0) is 19.3. The van der Waals surface area contributed by atoms with Crippen molar-refractivity contribution in [3.63, 3.8) is 0 Å². The largest absolute Gasteiger partial charge is 0.493 e. The third-order valence-corrected chi connectivity index (χ3v) is 4.60. The molecule has 1 unspecified atom stereocenters. The molecule has 0 bridgehead atoms. The summed E-state index contributed by atoms with van der Waals surface area (Å²) in [6.45, 7) is 2.06. The predicted octanol–water partition coefficient (Wildman–Crippen LogP) is 4.39. The maximum Gasteiger partial charge on any atom is 0.320 e. The Morgan fingerprint density at radius 2 is 2.12 bits per heavy atom. The number of hydrogen-bond donors (Lipinski definition) is 2. The molecule has 0 aliphatic carbocycles. The lowest BCUT2D eigenvalue weighted by atomic mass is 10.2. The van der Waals surface area contributed by atoms with Crippen LogP contribution in [0.1, 0.15) is 18.1 Å². The Balaban J connectivity index is 2.14. The molecule has 0 amide bonds. The van der Waals surface area contributed by atoms with Crippen molar-refractivity contribution < 1.29 is 23.8 Å². The third kappa shape index (κ3) is 5.33. The first-order valence-corrected chi connectivity index (χ1v) is 8.88. The molecular formula is C18H18BrClFNO4. The Kier molecular flexibility index (Phi) is 7.25. The second kappa shape index (κ2) is 9.21. The minimum Gasteiger partial charge on any atom is -0.493 e. The first-order chi connectivity index (χ1) is 12.3. The van der Waals surface area contributed by atoms with Gasteiger partial charge in [-0.25, -0.2) is 4.39 Å². The minimum atomic E-state index is -0.924. The van der Waals surface area contributed by atoms with Crippen molar-refractivity contribution in [2.24, 2.45) is 0 Å². The molecule has 8 heteroatoms. The lowest BCUT2D eigenvalue weighted by molar-refractivity contribution is -0.139. The number of rotatable bonds is 8. The lowest BCUT2D eigenvalue weighted by Gasteiger charge is -2.16. The highest BCUT2D eigenvalue weighted by molar-refractivity contribution is 9.10. The van der Waals surface area contributed by atoms with E-state index in [0.717, 1.165) is 5.56 Å². The van der Waals surface area contributed by atoms with Crippen LogP contribution in [-0.2, 0) is 17.9 Å². The molecule has 140 valence electrons. The van der Waals surface area contributed by atoms with Crippen molar-refractivity contribution in [2.45, 2.75) is 26.1 Å². The van der Waals surface area contributed by atoms with E-state index in [4.69, 9.17) is 26.2 Å². The topological polar surface area (TPSA) is 67.8 Å². The summed E-state index contributed by atoms with van der Waals surface area (Å²) in [5.74, 6) is -0.377. The predicted molar refractivity (Wildman–Crippen MR) is 100 cm³/mol. The standard InChI is InChI=1S/C18H18BrClFNO4/c1-10(18(23)24)22-8-11-5-14(19)17(16(6-11)25-2)26-9-12-3-4-13(21)7-15(12)20/h3-7,10,22H,8-9H2,1-2H3,(H,23,24). The number of carboxylic acids is 1. The zero-order valence-corrected chi connectivity index (χ0v) is 16.5. The summed E-state index contributed by atoms with van der Waals surface area (Å²) in [6, 6.07) is 7.00.